The zero-order valence-electron chi connectivity index (χ0n) is 34.2. The Balaban J connectivity index is 0.000000217. The molecule has 5 aromatic carbocycles. The van der Waals surface area contributed by atoms with E-state index in [1.807, 2.05) is 41.8 Å². The van der Waals surface area contributed by atoms with E-state index in [1.165, 1.54) is 63.9 Å². The monoisotopic (exact) mass is 945 g/mol. The van der Waals surface area contributed by atoms with Crippen LogP contribution in [0.1, 0.15) is 51.3 Å². The Kier molecular flexibility index (Phi) is 12.6. The van der Waals surface area contributed by atoms with Crippen LogP contribution in [0.15, 0.2) is 122 Å². The second kappa shape index (κ2) is 17.1. The molecule has 0 atom stereocenters. The van der Waals surface area contributed by atoms with E-state index in [4.69, 9.17) is 4.98 Å². The van der Waals surface area contributed by atoms with Gasteiger partial charge in [-0.15, -0.1) is 59.7 Å². The fourth-order valence-corrected chi connectivity index (χ4v) is 10.3. The minimum absolute atomic E-state index is 0. The van der Waals surface area contributed by atoms with Gasteiger partial charge in [-0.2, -0.15) is 11.3 Å². The van der Waals surface area contributed by atoms with E-state index in [9.17, 15) is 0 Å². The summed E-state index contributed by atoms with van der Waals surface area (Å²) in [5.41, 5.74) is 11.1. The number of pyridine rings is 2. The average Bonchev–Trinajstić information content (AvgIpc) is 3.53. The van der Waals surface area contributed by atoms with Crippen molar-refractivity contribution in [2.75, 3.05) is 0 Å². The second-order valence-corrected chi connectivity index (χ2v) is 23.6. The van der Waals surface area contributed by atoms with E-state index in [2.05, 4.69) is 169 Å². The van der Waals surface area contributed by atoms with Gasteiger partial charge in [-0.25, -0.2) is 0 Å². The fourth-order valence-electron chi connectivity index (χ4n) is 7.43. The zero-order valence-corrected chi connectivity index (χ0v) is 38.4. The summed E-state index contributed by atoms with van der Waals surface area (Å²) in [6.07, 6.45) is 6.29. The molecule has 287 valence electrons. The molecule has 0 amide bonds. The molecule has 8 aromatic rings. The quantitative estimate of drug-likeness (QED) is 0.118. The van der Waals surface area contributed by atoms with Gasteiger partial charge in [-0.1, -0.05) is 131 Å². The van der Waals surface area contributed by atoms with Gasteiger partial charge in [0.15, 0.2) is 0 Å². The number of fused-ring (bicyclic) bond motifs is 4. The van der Waals surface area contributed by atoms with Crippen molar-refractivity contribution in [2.24, 2.45) is 11.3 Å². The molecule has 8 rings (SSSR count). The molecule has 0 spiro atoms. The van der Waals surface area contributed by atoms with Crippen molar-refractivity contribution in [1.82, 2.24) is 9.97 Å². The Morgan fingerprint density at radius 3 is 2.11 bits per heavy atom. The Bertz CT molecular complexity index is 2610. The van der Waals surface area contributed by atoms with Crippen LogP contribution in [0.25, 0.3) is 64.6 Å². The smallest absolute Gasteiger partial charge is 0.0798 e. The van der Waals surface area contributed by atoms with Gasteiger partial charge in [0.25, 0.3) is 0 Å². The van der Waals surface area contributed by atoms with Crippen LogP contribution in [-0.2, 0) is 32.9 Å². The molecule has 0 aliphatic rings. The van der Waals surface area contributed by atoms with Crippen LogP contribution in [0.2, 0.25) is 19.6 Å². The predicted octanol–water partition coefficient (Wildman–Crippen LogP) is 13.9. The summed E-state index contributed by atoms with van der Waals surface area (Å²) in [6.45, 7) is 20.8. The number of hydrogen-bond acceptors (Lipinski definition) is 3. The normalized spacial score (nSPS) is 11.8. The van der Waals surface area contributed by atoms with Crippen LogP contribution in [0.4, 0.5) is 0 Å². The first-order chi connectivity index (χ1) is 26.2. The van der Waals surface area contributed by atoms with E-state index in [0.717, 1.165) is 35.4 Å². The number of nitrogens with zero attached hydrogens (tertiary/aromatic N) is 2. The maximum atomic E-state index is 4.83. The molecule has 0 bridgehead atoms. The van der Waals surface area contributed by atoms with Crippen molar-refractivity contribution in [3.05, 3.63) is 150 Å². The Morgan fingerprint density at radius 2 is 1.39 bits per heavy atom. The van der Waals surface area contributed by atoms with Crippen molar-refractivity contribution in [3.8, 4) is 33.6 Å². The van der Waals surface area contributed by atoms with E-state index in [0.29, 0.717) is 5.92 Å². The predicted molar refractivity (Wildman–Crippen MR) is 242 cm³/mol. The standard InChI is InChI=1S/C33H28NS.C18H24NSi.Ir/c1-21-20-34-30(17-26(21)19-33(2,3)4)29-11-7-10-28-27-15-14-25(18-31(27)35-32(28)29)24-13-12-22-8-5-6-9-23(22)16-24;1-14(2)11-16-12-17(15-9-7-6-8-10-15)19-13-18(16)20(3,4)5;/h5-10,12-18,20H,19H2,1-4H3;6-9,12-14H,11H2,1-5H3;/q2*-1;. The largest absolute Gasteiger partial charge is 0.305 e. The van der Waals surface area contributed by atoms with Crippen molar-refractivity contribution in [3.63, 3.8) is 0 Å². The summed E-state index contributed by atoms with van der Waals surface area (Å²) in [7, 11) is -1.34. The van der Waals surface area contributed by atoms with Gasteiger partial charge in [-0.3, -0.25) is 0 Å². The van der Waals surface area contributed by atoms with Gasteiger partial charge in [0.05, 0.1) is 8.07 Å². The van der Waals surface area contributed by atoms with E-state index >= 15 is 0 Å². The molecule has 0 N–H and O–H groups in total. The number of hydrogen-bond donors (Lipinski definition) is 0. The van der Waals surface area contributed by atoms with Crippen LogP contribution >= 0.6 is 11.3 Å². The molecule has 0 unspecified atom stereocenters. The molecule has 5 heteroatoms. The minimum Gasteiger partial charge on any atom is -0.305 e. The van der Waals surface area contributed by atoms with Crippen molar-refractivity contribution in [2.45, 2.75) is 74.0 Å². The van der Waals surface area contributed by atoms with Crippen molar-refractivity contribution < 1.29 is 20.1 Å². The van der Waals surface area contributed by atoms with Gasteiger partial charge >= 0.3 is 0 Å². The Hall–Kier alpha value is -4.25. The SMILES string of the molecule is CC(C)Cc1cc(-c2[c-]cccc2)ncc1[Si](C)(C)C.Cc1cnc(-c2[c-]ccc3c2sc2cc(-c4ccc5ccccc5c4)ccc23)cc1CC(C)(C)C.[Ir]. The third-order valence-corrected chi connectivity index (χ3v) is 13.4. The van der Waals surface area contributed by atoms with E-state index in [1.54, 1.807) is 0 Å². The maximum Gasteiger partial charge on any atom is 0.0798 e. The van der Waals surface area contributed by atoms with Crippen LogP contribution in [0.3, 0.4) is 0 Å². The molecular formula is C51H52IrN2SSi-2. The number of rotatable bonds is 7. The minimum atomic E-state index is -1.34. The zero-order chi connectivity index (χ0) is 38.9. The maximum absolute atomic E-state index is 4.83. The van der Waals surface area contributed by atoms with Gasteiger partial charge in [0, 0.05) is 37.2 Å². The third-order valence-electron chi connectivity index (χ3n) is 10.1. The summed E-state index contributed by atoms with van der Waals surface area (Å²) >= 11 is 1.85. The number of thiophene rings is 1. The Labute approximate surface area is 352 Å². The van der Waals surface area contributed by atoms with Gasteiger partial charge in [0.1, 0.15) is 0 Å². The third kappa shape index (κ3) is 9.47. The summed E-state index contributed by atoms with van der Waals surface area (Å²) in [5.74, 6) is 0.667. The van der Waals surface area contributed by atoms with E-state index < -0.39 is 8.07 Å². The first-order valence-electron chi connectivity index (χ1n) is 19.5. The van der Waals surface area contributed by atoms with Gasteiger partial charge in [0.2, 0.25) is 0 Å². The fraction of sp³-hybridized carbons (Fsp3) is 0.255. The topological polar surface area (TPSA) is 25.8 Å². The molecule has 0 aliphatic carbocycles. The van der Waals surface area contributed by atoms with E-state index in [-0.39, 0.29) is 25.5 Å². The molecule has 3 aromatic heterocycles. The van der Waals surface area contributed by atoms with Gasteiger partial charge < -0.3 is 9.97 Å². The van der Waals surface area contributed by atoms with Crippen molar-refractivity contribution in [1.29, 1.82) is 0 Å². The Morgan fingerprint density at radius 1 is 0.696 bits per heavy atom. The number of aromatic nitrogens is 2. The molecule has 56 heavy (non-hydrogen) atoms. The molecule has 0 fully saturated rings. The number of aryl methyl sites for hydroxylation is 1. The van der Waals surface area contributed by atoms with Crippen LogP contribution in [0.5, 0.6) is 0 Å². The second-order valence-electron chi connectivity index (χ2n) is 17.6. The summed E-state index contributed by atoms with van der Waals surface area (Å²) < 4.78 is 2.56. The first-order valence-corrected chi connectivity index (χ1v) is 23.8. The van der Waals surface area contributed by atoms with Crippen LogP contribution in [0, 0.1) is 30.4 Å². The summed E-state index contributed by atoms with van der Waals surface area (Å²) in [5, 5.41) is 6.62. The molecule has 0 saturated heterocycles. The van der Waals surface area contributed by atoms with Crippen LogP contribution < -0.4 is 5.19 Å². The first kappa shape index (κ1) is 41.4. The molecule has 1 radical (unpaired) electrons. The van der Waals surface area contributed by atoms with Gasteiger partial charge in [-0.05, 0) is 97.4 Å². The summed E-state index contributed by atoms with van der Waals surface area (Å²) in [6, 6.07) is 45.8. The van der Waals surface area contributed by atoms with Crippen LogP contribution in [-0.4, -0.2) is 18.0 Å². The molecule has 2 nitrogen and oxygen atoms in total. The average molecular weight is 945 g/mol. The number of benzene rings is 5. The molecular weight excluding hydrogens is 893 g/mol. The summed E-state index contributed by atoms with van der Waals surface area (Å²) in [4.78, 5) is 9.52. The molecule has 0 saturated carbocycles. The molecule has 3 heterocycles. The van der Waals surface area contributed by atoms with Crippen molar-refractivity contribution >= 4 is 55.5 Å². The molecule has 0 aliphatic heterocycles.